The minimum atomic E-state index is -0.585. The number of halogens is 3. The fraction of sp³-hybridized carbons (Fsp3) is 0.235. The van der Waals surface area contributed by atoms with Crippen molar-refractivity contribution in [3.05, 3.63) is 69.7 Å². The van der Waals surface area contributed by atoms with Gasteiger partial charge in [0.15, 0.2) is 0 Å². The van der Waals surface area contributed by atoms with Gasteiger partial charge in [0.1, 0.15) is 11.6 Å². The first-order valence-corrected chi connectivity index (χ1v) is 7.83. The number of carbonyl (C=O) groups is 1. The average molecular weight is 383 g/mol. The average Bonchev–Trinajstić information content (AvgIpc) is 2.49. The van der Waals surface area contributed by atoms with Crippen LogP contribution in [0.25, 0.3) is 0 Å². The van der Waals surface area contributed by atoms with Crippen LogP contribution in [-0.2, 0) is 0 Å². The fourth-order valence-corrected chi connectivity index (χ4v) is 2.63. The molecule has 0 unspecified atom stereocenters. The Balaban J connectivity index is 2.13. The van der Waals surface area contributed by atoms with Crippen LogP contribution in [0.4, 0.5) is 8.78 Å². The van der Waals surface area contributed by atoms with E-state index in [1.165, 1.54) is 30.3 Å². The summed E-state index contributed by atoms with van der Waals surface area (Å²) in [6.45, 7) is 0.237. The molecule has 0 saturated carbocycles. The van der Waals surface area contributed by atoms with Gasteiger partial charge in [-0.2, -0.15) is 0 Å². The summed E-state index contributed by atoms with van der Waals surface area (Å²) in [5.74, 6) is -1.43. The molecule has 6 heteroatoms. The van der Waals surface area contributed by atoms with Crippen LogP contribution in [0.3, 0.4) is 0 Å². The summed E-state index contributed by atoms with van der Waals surface area (Å²) in [7, 11) is 3.67. The van der Waals surface area contributed by atoms with E-state index in [0.29, 0.717) is 4.47 Å². The van der Waals surface area contributed by atoms with Crippen molar-refractivity contribution in [2.45, 2.75) is 6.04 Å². The zero-order chi connectivity index (χ0) is 17.0. The van der Waals surface area contributed by atoms with Gasteiger partial charge in [-0.05, 0) is 50.0 Å². The molecule has 0 radical (unpaired) electrons. The van der Waals surface area contributed by atoms with Gasteiger partial charge in [-0.1, -0.05) is 28.1 Å². The number of amides is 1. The maximum atomic E-state index is 13.7. The Kier molecular flexibility index (Phi) is 5.85. The lowest BCUT2D eigenvalue weighted by Gasteiger charge is -2.25. The molecule has 2 aromatic rings. The summed E-state index contributed by atoms with van der Waals surface area (Å²) in [4.78, 5) is 14.0. The van der Waals surface area contributed by atoms with Gasteiger partial charge in [0, 0.05) is 11.0 Å². The fourth-order valence-electron chi connectivity index (χ4n) is 2.27. The third-order valence-electron chi connectivity index (χ3n) is 3.49. The van der Waals surface area contributed by atoms with Crippen molar-refractivity contribution >= 4 is 21.8 Å². The second-order valence-corrected chi connectivity index (χ2v) is 6.28. The molecule has 0 aromatic heterocycles. The summed E-state index contributed by atoms with van der Waals surface area (Å²) in [5, 5.41) is 2.70. The molecule has 2 aromatic carbocycles. The molecule has 0 aliphatic carbocycles. The maximum absolute atomic E-state index is 13.7. The topological polar surface area (TPSA) is 32.3 Å². The summed E-state index contributed by atoms with van der Waals surface area (Å²) in [6, 6.07) is 10.2. The van der Waals surface area contributed by atoms with Gasteiger partial charge >= 0.3 is 0 Å². The van der Waals surface area contributed by atoms with Gasteiger partial charge in [-0.15, -0.1) is 0 Å². The second-order valence-electron chi connectivity index (χ2n) is 5.37. The largest absolute Gasteiger partial charge is 0.350 e. The number of nitrogens with one attached hydrogen (secondary N) is 1. The van der Waals surface area contributed by atoms with E-state index in [2.05, 4.69) is 21.2 Å². The van der Waals surface area contributed by atoms with Crippen molar-refractivity contribution in [3.8, 4) is 0 Å². The summed E-state index contributed by atoms with van der Waals surface area (Å²) >= 11 is 3.22. The Labute approximate surface area is 142 Å². The van der Waals surface area contributed by atoms with Crippen LogP contribution in [0.5, 0.6) is 0 Å². The van der Waals surface area contributed by atoms with Crippen LogP contribution < -0.4 is 5.32 Å². The first kappa shape index (κ1) is 17.6. The van der Waals surface area contributed by atoms with E-state index >= 15 is 0 Å². The predicted molar refractivity (Wildman–Crippen MR) is 89.3 cm³/mol. The van der Waals surface area contributed by atoms with Crippen molar-refractivity contribution in [1.29, 1.82) is 0 Å². The number of likely N-dealkylation sites (N-methyl/N-ethyl adjacent to an activating group) is 1. The number of nitrogens with zero attached hydrogens (tertiary/aromatic N) is 1. The van der Waals surface area contributed by atoms with Crippen LogP contribution in [0.15, 0.2) is 46.9 Å². The molecule has 1 N–H and O–H groups in total. The maximum Gasteiger partial charge on any atom is 0.254 e. The molecule has 1 amide bonds. The van der Waals surface area contributed by atoms with E-state index in [4.69, 9.17) is 0 Å². The number of carbonyl (C=O) groups excluding carboxylic acids is 1. The van der Waals surface area contributed by atoms with Crippen LogP contribution in [-0.4, -0.2) is 31.4 Å². The number of benzene rings is 2. The normalized spacial score (nSPS) is 12.3. The Bertz CT molecular complexity index is 707. The van der Waals surface area contributed by atoms with Gasteiger partial charge in [0.2, 0.25) is 0 Å². The Morgan fingerprint density at radius 3 is 2.61 bits per heavy atom. The standard InChI is InChI=1S/C17H17BrF2N2O/c1-22(2)16(11-4-3-5-13(19)8-11)10-21-17(23)14-9-12(18)6-7-15(14)20/h3-9,16H,10H2,1-2H3,(H,21,23)/t16-/m0/s1. The molecule has 0 aliphatic rings. The second kappa shape index (κ2) is 7.66. The van der Waals surface area contributed by atoms with Crippen LogP contribution in [0, 0.1) is 11.6 Å². The van der Waals surface area contributed by atoms with E-state index in [1.807, 2.05) is 19.0 Å². The van der Waals surface area contributed by atoms with Crippen LogP contribution in [0.1, 0.15) is 22.0 Å². The summed E-state index contributed by atoms with van der Waals surface area (Å²) in [6.07, 6.45) is 0. The number of hydrogen-bond acceptors (Lipinski definition) is 2. The molecule has 0 bridgehead atoms. The van der Waals surface area contributed by atoms with E-state index in [0.717, 1.165) is 5.56 Å². The lowest BCUT2D eigenvalue weighted by molar-refractivity contribution is 0.0938. The molecule has 0 saturated heterocycles. The quantitative estimate of drug-likeness (QED) is 0.853. The molecule has 122 valence electrons. The SMILES string of the molecule is CN(C)[C@@H](CNC(=O)c1cc(Br)ccc1F)c1cccc(F)c1. The van der Waals surface area contributed by atoms with E-state index in [1.54, 1.807) is 12.1 Å². The number of rotatable bonds is 5. The van der Waals surface area contributed by atoms with Crippen molar-refractivity contribution in [1.82, 2.24) is 10.2 Å². The number of hydrogen-bond donors (Lipinski definition) is 1. The van der Waals surface area contributed by atoms with Crippen LogP contribution in [0.2, 0.25) is 0 Å². The highest BCUT2D eigenvalue weighted by molar-refractivity contribution is 9.10. The molecule has 1 atom stereocenters. The molecule has 2 rings (SSSR count). The van der Waals surface area contributed by atoms with Crippen LogP contribution >= 0.6 is 15.9 Å². The van der Waals surface area contributed by atoms with Crippen molar-refractivity contribution in [2.24, 2.45) is 0 Å². The molecule has 0 heterocycles. The minimum absolute atomic E-state index is 0.0314. The predicted octanol–water partition coefficient (Wildman–Crippen LogP) is 3.76. The third kappa shape index (κ3) is 4.59. The molecule has 23 heavy (non-hydrogen) atoms. The van der Waals surface area contributed by atoms with E-state index < -0.39 is 11.7 Å². The van der Waals surface area contributed by atoms with Crippen molar-refractivity contribution < 1.29 is 13.6 Å². The molecule has 0 spiro atoms. The highest BCUT2D eigenvalue weighted by atomic mass is 79.9. The van der Waals surface area contributed by atoms with Crippen molar-refractivity contribution in [3.63, 3.8) is 0 Å². The zero-order valence-electron chi connectivity index (χ0n) is 12.8. The summed E-state index contributed by atoms with van der Waals surface area (Å²) in [5.41, 5.74) is 0.709. The first-order valence-electron chi connectivity index (χ1n) is 7.03. The molecule has 3 nitrogen and oxygen atoms in total. The highest BCUT2D eigenvalue weighted by Crippen LogP contribution is 2.19. The Hall–Kier alpha value is -1.79. The Morgan fingerprint density at radius 1 is 1.22 bits per heavy atom. The van der Waals surface area contributed by atoms with E-state index in [9.17, 15) is 13.6 Å². The monoisotopic (exact) mass is 382 g/mol. The summed E-state index contributed by atoms with van der Waals surface area (Å²) < 4.78 is 27.8. The molecule has 0 fully saturated rings. The Morgan fingerprint density at radius 2 is 1.96 bits per heavy atom. The molecular weight excluding hydrogens is 366 g/mol. The third-order valence-corrected chi connectivity index (χ3v) is 3.98. The van der Waals surface area contributed by atoms with Gasteiger partial charge < -0.3 is 10.2 Å². The smallest absolute Gasteiger partial charge is 0.254 e. The van der Waals surface area contributed by atoms with Gasteiger partial charge in [-0.25, -0.2) is 8.78 Å². The lowest BCUT2D eigenvalue weighted by Crippen LogP contribution is -2.35. The molecular formula is C17H17BrF2N2O. The highest BCUT2D eigenvalue weighted by Gasteiger charge is 2.18. The zero-order valence-corrected chi connectivity index (χ0v) is 14.4. The molecule has 0 aliphatic heterocycles. The van der Waals surface area contributed by atoms with Gasteiger partial charge in [0.05, 0.1) is 11.6 Å². The minimum Gasteiger partial charge on any atom is -0.350 e. The van der Waals surface area contributed by atoms with Gasteiger partial charge in [-0.3, -0.25) is 4.79 Å². The lowest BCUT2D eigenvalue weighted by atomic mass is 10.1. The van der Waals surface area contributed by atoms with Crippen molar-refractivity contribution in [2.75, 3.05) is 20.6 Å². The first-order chi connectivity index (χ1) is 10.9. The van der Waals surface area contributed by atoms with Gasteiger partial charge in [0.25, 0.3) is 5.91 Å². The van der Waals surface area contributed by atoms with E-state index in [-0.39, 0.29) is 24.0 Å².